The summed E-state index contributed by atoms with van der Waals surface area (Å²) >= 11 is 0. The van der Waals surface area contributed by atoms with Crippen molar-refractivity contribution in [1.29, 1.82) is 0 Å². The lowest BCUT2D eigenvalue weighted by Gasteiger charge is -2.32. The fourth-order valence-electron chi connectivity index (χ4n) is 2.10. The van der Waals surface area contributed by atoms with E-state index in [1.54, 1.807) is 18.6 Å². The molecule has 3 heterocycles. The summed E-state index contributed by atoms with van der Waals surface area (Å²) in [6, 6.07) is 5.61. The second-order valence-electron chi connectivity index (χ2n) is 6.14. The van der Waals surface area contributed by atoms with Crippen molar-refractivity contribution in [2.75, 3.05) is 0 Å². The summed E-state index contributed by atoms with van der Waals surface area (Å²) in [4.78, 5) is 12.9. The van der Waals surface area contributed by atoms with Crippen LogP contribution in [0.2, 0.25) is 0 Å². The predicted molar refractivity (Wildman–Crippen MR) is 81.0 cm³/mol. The maximum atomic E-state index is 6.01. The summed E-state index contributed by atoms with van der Waals surface area (Å²) in [7, 11) is -0.478. The van der Waals surface area contributed by atoms with Gasteiger partial charge < -0.3 is 9.31 Å². The third kappa shape index (κ3) is 2.56. The molecule has 0 spiro atoms. The van der Waals surface area contributed by atoms with Gasteiger partial charge in [0.25, 0.3) is 0 Å². The Morgan fingerprint density at radius 3 is 2.33 bits per heavy atom. The SMILES string of the molecule is CC1(C)OB(c2ccnc(-c3cccnc3)n2)OC1(C)C. The minimum absolute atomic E-state index is 0.378. The summed E-state index contributed by atoms with van der Waals surface area (Å²) in [6.45, 7) is 8.10. The molecule has 21 heavy (non-hydrogen) atoms. The van der Waals surface area contributed by atoms with Crippen LogP contribution in [0.1, 0.15) is 27.7 Å². The molecule has 0 amide bonds. The van der Waals surface area contributed by atoms with Crippen LogP contribution in [0, 0.1) is 0 Å². The van der Waals surface area contributed by atoms with Gasteiger partial charge in [0, 0.05) is 24.2 Å². The van der Waals surface area contributed by atoms with Crippen molar-refractivity contribution in [3.05, 3.63) is 36.8 Å². The fourth-order valence-corrected chi connectivity index (χ4v) is 2.10. The monoisotopic (exact) mass is 283 g/mol. The van der Waals surface area contributed by atoms with Gasteiger partial charge in [-0.2, -0.15) is 0 Å². The maximum absolute atomic E-state index is 6.01. The van der Waals surface area contributed by atoms with Gasteiger partial charge >= 0.3 is 7.12 Å². The second-order valence-corrected chi connectivity index (χ2v) is 6.14. The Morgan fingerprint density at radius 2 is 1.71 bits per heavy atom. The second kappa shape index (κ2) is 4.89. The third-order valence-electron chi connectivity index (χ3n) is 4.09. The van der Waals surface area contributed by atoms with Crippen LogP contribution < -0.4 is 5.59 Å². The van der Waals surface area contributed by atoms with Gasteiger partial charge in [-0.05, 0) is 45.9 Å². The van der Waals surface area contributed by atoms with Gasteiger partial charge in [0.05, 0.1) is 16.8 Å². The normalized spacial score (nSPS) is 19.7. The molecule has 1 aliphatic rings. The number of hydrogen-bond acceptors (Lipinski definition) is 5. The molecule has 108 valence electrons. The lowest BCUT2D eigenvalue weighted by atomic mass is 9.84. The first-order valence-electron chi connectivity index (χ1n) is 6.98. The van der Waals surface area contributed by atoms with Gasteiger partial charge in [-0.1, -0.05) is 0 Å². The molecule has 5 nitrogen and oxygen atoms in total. The number of hydrogen-bond donors (Lipinski definition) is 0. The molecule has 0 unspecified atom stereocenters. The molecule has 0 aromatic carbocycles. The van der Waals surface area contributed by atoms with E-state index in [-0.39, 0.29) is 11.2 Å². The first kappa shape index (κ1) is 14.2. The predicted octanol–water partition coefficient (Wildman–Crippen LogP) is 1.84. The Morgan fingerprint density at radius 1 is 1.00 bits per heavy atom. The maximum Gasteiger partial charge on any atom is 0.514 e. The van der Waals surface area contributed by atoms with Crippen LogP contribution in [0.3, 0.4) is 0 Å². The van der Waals surface area contributed by atoms with Crippen molar-refractivity contribution in [2.45, 2.75) is 38.9 Å². The number of aromatic nitrogens is 3. The molecule has 0 radical (unpaired) electrons. The zero-order chi connectivity index (χ0) is 15.1. The number of nitrogens with zero attached hydrogens (tertiary/aromatic N) is 3. The van der Waals surface area contributed by atoms with Crippen LogP contribution >= 0.6 is 0 Å². The molecule has 2 aromatic rings. The van der Waals surface area contributed by atoms with Gasteiger partial charge in [0.15, 0.2) is 5.82 Å². The van der Waals surface area contributed by atoms with E-state index in [4.69, 9.17) is 9.31 Å². The average molecular weight is 283 g/mol. The Balaban J connectivity index is 1.92. The van der Waals surface area contributed by atoms with E-state index in [1.807, 2.05) is 45.9 Å². The first-order valence-corrected chi connectivity index (χ1v) is 6.98. The lowest BCUT2D eigenvalue weighted by molar-refractivity contribution is 0.00578. The molecular formula is C15H18BN3O2. The molecular weight excluding hydrogens is 265 g/mol. The number of pyridine rings is 1. The smallest absolute Gasteiger partial charge is 0.398 e. The van der Waals surface area contributed by atoms with E-state index < -0.39 is 7.12 Å². The van der Waals surface area contributed by atoms with Crippen molar-refractivity contribution in [2.24, 2.45) is 0 Å². The quantitative estimate of drug-likeness (QED) is 0.787. The third-order valence-corrected chi connectivity index (χ3v) is 4.09. The van der Waals surface area contributed by atoms with E-state index in [0.717, 1.165) is 11.2 Å². The Labute approximate surface area is 124 Å². The van der Waals surface area contributed by atoms with Crippen molar-refractivity contribution >= 4 is 12.7 Å². The van der Waals surface area contributed by atoms with Gasteiger partial charge in [0.1, 0.15) is 0 Å². The summed E-state index contributed by atoms with van der Waals surface area (Å²) < 4.78 is 12.0. The summed E-state index contributed by atoms with van der Waals surface area (Å²) in [5.41, 5.74) is 0.840. The zero-order valence-corrected chi connectivity index (χ0v) is 12.7. The van der Waals surface area contributed by atoms with Crippen LogP contribution in [-0.2, 0) is 9.31 Å². The minimum Gasteiger partial charge on any atom is -0.398 e. The highest BCUT2D eigenvalue weighted by atomic mass is 16.7. The molecule has 3 rings (SSSR count). The summed E-state index contributed by atoms with van der Waals surface area (Å²) in [5, 5.41) is 0. The summed E-state index contributed by atoms with van der Waals surface area (Å²) in [6.07, 6.45) is 5.18. The van der Waals surface area contributed by atoms with Crippen molar-refractivity contribution in [1.82, 2.24) is 15.0 Å². The zero-order valence-electron chi connectivity index (χ0n) is 12.7. The molecule has 0 bridgehead atoms. The average Bonchev–Trinajstić information content (AvgIpc) is 2.69. The lowest BCUT2D eigenvalue weighted by Crippen LogP contribution is -2.41. The van der Waals surface area contributed by atoms with Crippen LogP contribution in [0.15, 0.2) is 36.8 Å². The molecule has 0 atom stereocenters. The van der Waals surface area contributed by atoms with Gasteiger partial charge in [-0.15, -0.1) is 0 Å². The Bertz CT molecular complexity index is 630. The van der Waals surface area contributed by atoms with Gasteiger partial charge in [-0.3, -0.25) is 4.98 Å². The highest BCUT2D eigenvalue weighted by molar-refractivity contribution is 6.61. The number of rotatable bonds is 2. The molecule has 0 aliphatic carbocycles. The Kier molecular flexibility index (Phi) is 3.30. The minimum atomic E-state index is -0.478. The highest BCUT2D eigenvalue weighted by Crippen LogP contribution is 2.36. The molecule has 6 heteroatoms. The molecule has 2 aromatic heterocycles. The van der Waals surface area contributed by atoms with Crippen molar-refractivity contribution in [3.63, 3.8) is 0 Å². The van der Waals surface area contributed by atoms with Crippen LogP contribution in [0.25, 0.3) is 11.4 Å². The van der Waals surface area contributed by atoms with E-state index in [1.165, 1.54) is 0 Å². The van der Waals surface area contributed by atoms with E-state index in [9.17, 15) is 0 Å². The van der Waals surface area contributed by atoms with E-state index in [2.05, 4.69) is 15.0 Å². The van der Waals surface area contributed by atoms with Crippen LogP contribution in [0.5, 0.6) is 0 Å². The molecule has 0 N–H and O–H groups in total. The summed E-state index contributed by atoms with van der Waals surface area (Å²) in [5.74, 6) is 0.621. The van der Waals surface area contributed by atoms with Gasteiger partial charge in [-0.25, -0.2) is 9.97 Å². The van der Waals surface area contributed by atoms with Gasteiger partial charge in [0.2, 0.25) is 0 Å². The largest absolute Gasteiger partial charge is 0.514 e. The molecule has 1 fully saturated rings. The standard InChI is InChI=1S/C15H18BN3O2/c1-14(2)15(3,4)21-16(20-14)12-7-9-18-13(19-12)11-6-5-8-17-10-11/h5-10H,1-4H3. The van der Waals surface area contributed by atoms with E-state index in [0.29, 0.717) is 5.82 Å². The van der Waals surface area contributed by atoms with E-state index >= 15 is 0 Å². The van der Waals surface area contributed by atoms with Crippen LogP contribution in [0.4, 0.5) is 0 Å². The molecule has 0 saturated carbocycles. The first-order chi connectivity index (χ1) is 9.89. The topological polar surface area (TPSA) is 57.1 Å². The highest BCUT2D eigenvalue weighted by Gasteiger charge is 2.52. The van der Waals surface area contributed by atoms with Crippen molar-refractivity contribution in [3.8, 4) is 11.4 Å². The Hall–Kier alpha value is -1.79. The fraction of sp³-hybridized carbons (Fsp3) is 0.400. The molecule has 1 aliphatic heterocycles. The van der Waals surface area contributed by atoms with Crippen LogP contribution in [-0.4, -0.2) is 33.3 Å². The molecule has 1 saturated heterocycles. The van der Waals surface area contributed by atoms with Crippen molar-refractivity contribution < 1.29 is 9.31 Å².